The summed E-state index contributed by atoms with van der Waals surface area (Å²) in [6, 6.07) is 0. The average Bonchev–Trinajstić information content (AvgIpc) is 3.02. The maximum Gasteiger partial charge on any atom is -0.0255 e. The topological polar surface area (TPSA) is 0 Å². The zero-order chi connectivity index (χ0) is 10.9. The van der Waals surface area contributed by atoms with Crippen LogP contribution in [0, 0.1) is 45.8 Å². The van der Waals surface area contributed by atoms with Gasteiger partial charge >= 0.3 is 0 Å². The maximum atomic E-state index is 2.66. The highest BCUT2D eigenvalue weighted by atomic mass is 14.8. The highest BCUT2D eigenvalue weighted by molar-refractivity contribution is 5.29. The fourth-order valence-corrected chi connectivity index (χ4v) is 6.33. The zero-order valence-corrected chi connectivity index (χ0v) is 10.9. The zero-order valence-electron chi connectivity index (χ0n) is 10.9. The van der Waals surface area contributed by atoms with Crippen LogP contribution < -0.4 is 0 Å². The molecule has 0 aromatic carbocycles. The summed E-state index contributed by atoms with van der Waals surface area (Å²) in [4.78, 5) is 0. The summed E-state index contributed by atoms with van der Waals surface area (Å²) in [5.41, 5.74) is 2.44. The van der Waals surface area contributed by atoms with Gasteiger partial charge in [-0.3, -0.25) is 0 Å². The van der Waals surface area contributed by atoms with Crippen molar-refractivity contribution in [3.63, 3.8) is 0 Å². The normalized spacial score (nSPS) is 71.8. The molecule has 0 heteroatoms. The van der Waals surface area contributed by atoms with E-state index < -0.39 is 0 Å². The third-order valence-electron chi connectivity index (χ3n) is 7.85. The number of fused-ring (bicyclic) bond motifs is 3. The molecule has 0 spiro atoms. The predicted octanol–water partition coefficient (Wildman–Crippen LogP) is 4.10. The van der Waals surface area contributed by atoms with Crippen LogP contribution in [-0.4, -0.2) is 0 Å². The highest BCUT2D eigenvalue weighted by Gasteiger charge is 2.81. The molecule has 5 rings (SSSR count). The van der Waals surface area contributed by atoms with Gasteiger partial charge in [-0.2, -0.15) is 0 Å². The summed E-state index contributed by atoms with van der Waals surface area (Å²) in [6.45, 7) is 7.82. The molecule has 0 radical (unpaired) electrons. The minimum absolute atomic E-state index is 0.795. The Labute approximate surface area is 99.2 Å². The fraction of sp³-hybridized carbons (Fsp3) is 1.00. The maximum absolute atomic E-state index is 2.66. The fourth-order valence-electron chi connectivity index (χ4n) is 6.33. The Morgan fingerprint density at radius 3 is 2.19 bits per heavy atom. The van der Waals surface area contributed by atoms with Crippen molar-refractivity contribution in [1.82, 2.24) is 0 Å². The molecule has 0 aromatic rings. The van der Waals surface area contributed by atoms with Crippen LogP contribution in [-0.2, 0) is 0 Å². The van der Waals surface area contributed by atoms with E-state index in [9.17, 15) is 0 Å². The van der Waals surface area contributed by atoms with Gasteiger partial charge < -0.3 is 0 Å². The molecule has 0 amide bonds. The minimum atomic E-state index is 0.795. The van der Waals surface area contributed by atoms with Crippen LogP contribution in [0.2, 0.25) is 0 Å². The van der Waals surface area contributed by atoms with Gasteiger partial charge in [-0.1, -0.05) is 20.8 Å². The summed E-state index contributed by atoms with van der Waals surface area (Å²) < 4.78 is 0. The monoisotopic (exact) mass is 216 g/mol. The van der Waals surface area contributed by atoms with E-state index in [1.807, 2.05) is 0 Å². The molecule has 5 aliphatic carbocycles. The van der Waals surface area contributed by atoms with E-state index in [4.69, 9.17) is 0 Å². The Balaban J connectivity index is 1.47. The van der Waals surface area contributed by atoms with E-state index in [2.05, 4.69) is 20.8 Å². The molecule has 0 N–H and O–H groups in total. The van der Waals surface area contributed by atoms with Crippen molar-refractivity contribution in [3.8, 4) is 0 Å². The van der Waals surface area contributed by atoms with E-state index in [0.29, 0.717) is 0 Å². The second kappa shape index (κ2) is 2.04. The van der Waals surface area contributed by atoms with Gasteiger partial charge in [0.2, 0.25) is 0 Å². The Morgan fingerprint density at radius 1 is 0.875 bits per heavy atom. The number of hydrogen-bond donors (Lipinski definition) is 0. The Kier molecular flexibility index (Phi) is 1.15. The molecule has 0 saturated heterocycles. The molecule has 0 aromatic heterocycles. The molecule has 5 fully saturated rings. The molecule has 6 unspecified atom stereocenters. The first-order valence-electron chi connectivity index (χ1n) is 7.49. The first-order valence-corrected chi connectivity index (χ1v) is 7.49. The summed E-state index contributed by atoms with van der Waals surface area (Å²) in [5.74, 6) is 5.79. The van der Waals surface area contributed by atoms with Crippen LogP contribution in [0.5, 0.6) is 0 Å². The van der Waals surface area contributed by atoms with E-state index in [-0.39, 0.29) is 0 Å². The van der Waals surface area contributed by atoms with E-state index in [1.54, 1.807) is 19.3 Å². The molecule has 0 nitrogen and oxygen atoms in total. The van der Waals surface area contributed by atoms with Crippen LogP contribution >= 0.6 is 0 Å². The number of rotatable bonds is 2. The van der Waals surface area contributed by atoms with Gasteiger partial charge in [-0.05, 0) is 77.9 Å². The smallest absolute Gasteiger partial charge is 0.0255 e. The van der Waals surface area contributed by atoms with Crippen LogP contribution in [0.4, 0.5) is 0 Å². The Hall–Kier alpha value is 0. The second-order valence-corrected chi connectivity index (χ2v) is 8.76. The quantitative estimate of drug-likeness (QED) is 0.652. The van der Waals surface area contributed by atoms with Crippen molar-refractivity contribution in [1.29, 1.82) is 0 Å². The highest BCUT2D eigenvalue weighted by Crippen LogP contribution is 2.87. The van der Waals surface area contributed by atoms with Crippen LogP contribution in [0.25, 0.3) is 0 Å². The molecular weight excluding hydrogens is 192 g/mol. The molecule has 7 atom stereocenters. The molecule has 0 bridgehead atoms. The van der Waals surface area contributed by atoms with Gasteiger partial charge in [0.25, 0.3) is 0 Å². The van der Waals surface area contributed by atoms with Gasteiger partial charge in [0.05, 0.1) is 0 Å². The van der Waals surface area contributed by atoms with Crippen molar-refractivity contribution in [2.45, 2.75) is 52.9 Å². The lowest BCUT2D eigenvalue weighted by Gasteiger charge is -2.25. The van der Waals surface area contributed by atoms with Gasteiger partial charge in [-0.25, -0.2) is 0 Å². The van der Waals surface area contributed by atoms with E-state index in [1.165, 1.54) is 24.7 Å². The van der Waals surface area contributed by atoms with Crippen molar-refractivity contribution >= 4 is 0 Å². The van der Waals surface area contributed by atoms with Crippen LogP contribution in [0.1, 0.15) is 52.9 Å². The van der Waals surface area contributed by atoms with Crippen LogP contribution in [0.15, 0.2) is 0 Å². The first kappa shape index (κ1) is 9.00. The van der Waals surface area contributed by atoms with Crippen molar-refractivity contribution < 1.29 is 0 Å². The van der Waals surface area contributed by atoms with Gasteiger partial charge in [0.1, 0.15) is 0 Å². The Bertz CT molecular complexity index is 393. The van der Waals surface area contributed by atoms with Crippen LogP contribution in [0.3, 0.4) is 0 Å². The summed E-state index contributed by atoms with van der Waals surface area (Å²) in [5, 5.41) is 0. The molecular formula is C16H24. The molecule has 16 heavy (non-hydrogen) atoms. The van der Waals surface area contributed by atoms with Gasteiger partial charge in [-0.15, -0.1) is 0 Å². The molecule has 5 aliphatic rings. The van der Waals surface area contributed by atoms with Crippen molar-refractivity contribution in [3.05, 3.63) is 0 Å². The molecule has 0 aliphatic heterocycles. The summed E-state index contributed by atoms with van der Waals surface area (Å²) >= 11 is 0. The number of hydrogen-bond acceptors (Lipinski definition) is 0. The first-order chi connectivity index (χ1) is 7.49. The summed E-state index contributed by atoms with van der Waals surface area (Å²) in [7, 11) is 0. The molecule has 5 saturated carbocycles. The Morgan fingerprint density at radius 2 is 1.62 bits per heavy atom. The average molecular weight is 216 g/mol. The van der Waals surface area contributed by atoms with E-state index in [0.717, 1.165) is 34.0 Å². The third-order valence-corrected chi connectivity index (χ3v) is 7.85. The lowest BCUT2D eigenvalue weighted by molar-refractivity contribution is 0.219. The molecule has 88 valence electrons. The standard InChI is InChI=1S/C16H24/c1-14(4-5-14)12-8-16(12,3)13-9-6-10(9)15(2)7-11(13)15/h9-13H,4-8H2,1-3H3/t9?,10?,11?,12?,13?,15?,16-/m1/s1. The SMILES string of the molecule is CC1(C2C[C@@]2(C)C2C3CC3C3(C)CC23)CC1. The lowest BCUT2D eigenvalue weighted by atomic mass is 9.79. The summed E-state index contributed by atoms with van der Waals surface area (Å²) in [6.07, 6.45) is 7.87. The second-order valence-electron chi connectivity index (χ2n) is 8.76. The van der Waals surface area contributed by atoms with E-state index >= 15 is 0 Å². The van der Waals surface area contributed by atoms with Crippen molar-refractivity contribution in [2.24, 2.45) is 45.8 Å². The van der Waals surface area contributed by atoms with Gasteiger partial charge in [0.15, 0.2) is 0 Å². The largest absolute Gasteiger partial charge is 0.0594 e. The van der Waals surface area contributed by atoms with Crippen molar-refractivity contribution in [2.75, 3.05) is 0 Å². The third kappa shape index (κ3) is 0.782. The predicted molar refractivity (Wildman–Crippen MR) is 64.9 cm³/mol. The lowest BCUT2D eigenvalue weighted by Crippen LogP contribution is -2.21. The van der Waals surface area contributed by atoms with Gasteiger partial charge in [0, 0.05) is 0 Å². The molecule has 0 heterocycles. The minimum Gasteiger partial charge on any atom is -0.0594 e.